The second-order valence-electron chi connectivity index (χ2n) is 9.09. The zero-order valence-electron chi connectivity index (χ0n) is 18.8. The molecule has 2 aliphatic rings. The minimum absolute atomic E-state index is 0.267. The number of nitrogens with one attached hydrogen (secondary N) is 1. The molecular formula is C26H26Cl2N4OS. The third-order valence-corrected chi connectivity index (χ3v) is 8.67. The molecule has 2 fully saturated rings. The predicted octanol–water partition coefficient (Wildman–Crippen LogP) is 7.35. The Morgan fingerprint density at radius 1 is 0.971 bits per heavy atom. The van der Waals surface area contributed by atoms with Crippen LogP contribution in [-0.4, -0.2) is 29.0 Å². The lowest BCUT2D eigenvalue weighted by Gasteiger charge is -2.39. The largest absolute Gasteiger partial charge is 0.355 e. The van der Waals surface area contributed by atoms with Crippen molar-refractivity contribution < 1.29 is 4.79 Å². The van der Waals surface area contributed by atoms with Gasteiger partial charge < -0.3 is 10.2 Å². The highest BCUT2D eigenvalue weighted by Crippen LogP contribution is 2.46. The fraction of sp³-hybridized carbons (Fsp3) is 0.346. The zero-order chi connectivity index (χ0) is 23.5. The van der Waals surface area contributed by atoms with E-state index in [2.05, 4.69) is 20.2 Å². The third-order valence-electron chi connectivity index (χ3n) is 6.94. The van der Waals surface area contributed by atoms with E-state index in [1.165, 1.54) is 50.3 Å². The number of hydrogen-bond donors (Lipinski definition) is 1. The lowest BCUT2D eigenvalue weighted by Crippen LogP contribution is -2.39. The topological polar surface area (TPSA) is 58.1 Å². The lowest BCUT2D eigenvalue weighted by atomic mass is 9.77. The standard InChI is InChI=1S/C26H26Cl2N4OS/c27-19-6-3-5-18(15-19)25(33)31-20-7-4-8-21(24(20)28)34-23-17-29-22(16-30-23)32-13-11-26(12-14-32)9-1-2-10-26/h3-8,15-17H,1-2,9-14H2,(H,31,33). The Balaban J connectivity index is 1.23. The zero-order valence-corrected chi connectivity index (χ0v) is 21.1. The quantitative estimate of drug-likeness (QED) is 0.387. The second kappa shape index (κ2) is 10.1. The van der Waals surface area contributed by atoms with Crippen LogP contribution in [0.4, 0.5) is 11.5 Å². The van der Waals surface area contributed by atoms with Gasteiger partial charge in [-0.25, -0.2) is 9.97 Å². The van der Waals surface area contributed by atoms with Crippen molar-refractivity contribution in [2.75, 3.05) is 23.3 Å². The number of anilines is 2. The summed E-state index contributed by atoms with van der Waals surface area (Å²) in [6.45, 7) is 2.11. The molecule has 0 unspecified atom stereocenters. The summed E-state index contributed by atoms with van der Waals surface area (Å²) >= 11 is 14.0. The van der Waals surface area contributed by atoms with Crippen molar-refractivity contribution in [3.8, 4) is 0 Å². The van der Waals surface area contributed by atoms with E-state index in [0.29, 0.717) is 26.7 Å². The van der Waals surface area contributed by atoms with Crippen LogP contribution in [0, 0.1) is 5.41 Å². The summed E-state index contributed by atoms with van der Waals surface area (Å²) in [6.07, 6.45) is 11.7. The molecule has 1 amide bonds. The van der Waals surface area contributed by atoms with Gasteiger partial charge in [0.15, 0.2) is 0 Å². The number of piperidine rings is 1. The summed E-state index contributed by atoms with van der Waals surface area (Å²) in [5.41, 5.74) is 1.60. The lowest BCUT2D eigenvalue weighted by molar-refractivity contribution is 0.102. The summed E-state index contributed by atoms with van der Waals surface area (Å²) < 4.78 is 0. The highest BCUT2D eigenvalue weighted by atomic mass is 35.5. The van der Waals surface area contributed by atoms with Crippen molar-refractivity contribution in [3.63, 3.8) is 0 Å². The van der Waals surface area contributed by atoms with Crippen LogP contribution in [0.2, 0.25) is 10.0 Å². The summed E-state index contributed by atoms with van der Waals surface area (Å²) in [4.78, 5) is 25.1. The number of carbonyl (C=O) groups is 1. The number of amides is 1. The van der Waals surface area contributed by atoms with E-state index in [1.807, 2.05) is 18.3 Å². The summed E-state index contributed by atoms with van der Waals surface area (Å²) in [6, 6.07) is 12.3. The van der Waals surface area contributed by atoms with Crippen molar-refractivity contribution in [3.05, 3.63) is 70.5 Å². The molecule has 2 aromatic carbocycles. The fourth-order valence-corrected chi connectivity index (χ4v) is 6.25. The Labute approximate surface area is 214 Å². The van der Waals surface area contributed by atoms with Crippen LogP contribution in [0.25, 0.3) is 0 Å². The van der Waals surface area contributed by atoms with Crippen molar-refractivity contribution in [2.45, 2.75) is 48.4 Å². The molecule has 1 spiro atoms. The normalized spacial score (nSPS) is 17.2. The fourth-order valence-electron chi connectivity index (χ4n) is 4.98. The van der Waals surface area contributed by atoms with Crippen molar-refractivity contribution in [2.24, 2.45) is 5.41 Å². The van der Waals surface area contributed by atoms with Gasteiger partial charge in [0.05, 0.1) is 23.1 Å². The van der Waals surface area contributed by atoms with Crippen molar-refractivity contribution in [1.29, 1.82) is 0 Å². The van der Waals surface area contributed by atoms with Crippen LogP contribution in [0.5, 0.6) is 0 Å². The summed E-state index contributed by atoms with van der Waals surface area (Å²) in [5.74, 6) is 0.669. The molecule has 176 valence electrons. The van der Waals surface area contributed by atoms with Gasteiger partial charge in [0.1, 0.15) is 10.8 Å². The molecule has 3 aromatic rings. The maximum absolute atomic E-state index is 12.6. The number of benzene rings is 2. The van der Waals surface area contributed by atoms with Gasteiger partial charge in [-0.1, -0.05) is 59.9 Å². The first kappa shape index (κ1) is 23.5. The number of halogens is 2. The molecule has 1 N–H and O–H groups in total. The molecule has 1 aromatic heterocycles. The molecule has 1 aliphatic heterocycles. The van der Waals surface area contributed by atoms with Gasteiger partial charge >= 0.3 is 0 Å². The first-order valence-corrected chi connectivity index (χ1v) is 13.2. The Hall–Kier alpha value is -2.28. The number of rotatable bonds is 5. The van der Waals surface area contributed by atoms with Gasteiger partial charge in [0.2, 0.25) is 0 Å². The van der Waals surface area contributed by atoms with Crippen LogP contribution >= 0.6 is 35.0 Å². The first-order chi connectivity index (χ1) is 16.5. The van der Waals surface area contributed by atoms with Crippen LogP contribution in [0.1, 0.15) is 48.9 Å². The third kappa shape index (κ3) is 5.19. The van der Waals surface area contributed by atoms with E-state index in [-0.39, 0.29) is 5.91 Å². The average molecular weight is 513 g/mol. The van der Waals surface area contributed by atoms with E-state index in [0.717, 1.165) is 28.8 Å². The molecule has 0 bridgehead atoms. The van der Waals surface area contributed by atoms with Gasteiger partial charge in [-0.05, 0) is 61.4 Å². The summed E-state index contributed by atoms with van der Waals surface area (Å²) in [5, 5.41) is 4.60. The Morgan fingerprint density at radius 3 is 2.44 bits per heavy atom. The van der Waals surface area contributed by atoms with E-state index >= 15 is 0 Å². The molecule has 34 heavy (non-hydrogen) atoms. The Bertz CT molecular complexity index is 1170. The van der Waals surface area contributed by atoms with Gasteiger partial charge in [-0.3, -0.25) is 4.79 Å². The molecule has 1 saturated carbocycles. The van der Waals surface area contributed by atoms with E-state index in [9.17, 15) is 4.79 Å². The average Bonchev–Trinajstić information content (AvgIpc) is 3.30. The molecule has 8 heteroatoms. The Kier molecular flexibility index (Phi) is 7.00. The van der Waals surface area contributed by atoms with Crippen molar-refractivity contribution >= 4 is 52.4 Å². The molecule has 1 aliphatic carbocycles. The van der Waals surface area contributed by atoms with Crippen LogP contribution in [0.15, 0.2) is 64.8 Å². The molecule has 5 nitrogen and oxygen atoms in total. The maximum atomic E-state index is 12.6. The molecular weight excluding hydrogens is 487 g/mol. The van der Waals surface area contributed by atoms with Gasteiger partial charge in [-0.2, -0.15) is 0 Å². The minimum atomic E-state index is -0.267. The monoisotopic (exact) mass is 512 g/mol. The molecule has 0 radical (unpaired) electrons. The van der Waals surface area contributed by atoms with Crippen LogP contribution in [0.3, 0.4) is 0 Å². The number of carbonyl (C=O) groups excluding carboxylic acids is 1. The second-order valence-corrected chi connectivity index (χ2v) is 11.0. The number of aromatic nitrogens is 2. The number of hydrogen-bond acceptors (Lipinski definition) is 5. The molecule has 5 rings (SSSR count). The number of nitrogens with zero attached hydrogens (tertiary/aromatic N) is 3. The van der Waals surface area contributed by atoms with E-state index in [4.69, 9.17) is 23.2 Å². The highest BCUT2D eigenvalue weighted by molar-refractivity contribution is 7.99. The van der Waals surface area contributed by atoms with Crippen molar-refractivity contribution in [1.82, 2.24) is 9.97 Å². The maximum Gasteiger partial charge on any atom is 0.255 e. The van der Waals surface area contributed by atoms with Gasteiger partial charge in [0, 0.05) is 28.6 Å². The van der Waals surface area contributed by atoms with E-state index in [1.54, 1.807) is 36.5 Å². The SMILES string of the molecule is O=C(Nc1cccc(Sc2cnc(N3CCC4(CCCC4)CC3)cn2)c1Cl)c1cccc(Cl)c1. The Morgan fingerprint density at radius 2 is 1.74 bits per heavy atom. The minimum Gasteiger partial charge on any atom is -0.355 e. The molecule has 0 atom stereocenters. The first-order valence-electron chi connectivity index (χ1n) is 11.6. The van der Waals surface area contributed by atoms with E-state index < -0.39 is 0 Å². The van der Waals surface area contributed by atoms with Crippen LogP contribution in [-0.2, 0) is 0 Å². The summed E-state index contributed by atoms with van der Waals surface area (Å²) in [7, 11) is 0. The van der Waals surface area contributed by atoms with Gasteiger partial charge in [-0.15, -0.1) is 0 Å². The van der Waals surface area contributed by atoms with Gasteiger partial charge in [0.25, 0.3) is 5.91 Å². The molecule has 1 saturated heterocycles. The molecule has 2 heterocycles. The van der Waals surface area contributed by atoms with Crippen LogP contribution < -0.4 is 10.2 Å². The smallest absolute Gasteiger partial charge is 0.255 e. The predicted molar refractivity (Wildman–Crippen MR) is 139 cm³/mol. The highest BCUT2D eigenvalue weighted by Gasteiger charge is 2.37.